The van der Waals surface area contributed by atoms with Gasteiger partial charge in [-0.05, 0) is 55.3 Å². The van der Waals surface area contributed by atoms with Gasteiger partial charge in [0.25, 0.3) is 0 Å². The number of cyclic esters (lactones) is 1. The lowest BCUT2D eigenvalue weighted by atomic mass is 10.0. The zero-order valence-corrected chi connectivity index (χ0v) is 14.8. The van der Waals surface area contributed by atoms with Crippen molar-refractivity contribution < 1.29 is 19.0 Å². The zero-order valence-electron chi connectivity index (χ0n) is 14.8. The van der Waals surface area contributed by atoms with Crippen LogP contribution < -0.4 is 9.47 Å². The fourth-order valence-corrected chi connectivity index (χ4v) is 2.75. The molecule has 0 aliphatic carbocycles. The summed E-state index contributed by atoms with van der Waals surface area (Å²) in [4.78, 5) is 12.2. The maximum absolute atomic E-state index is 12.2. The molecule has 4 heteroatoms. The molecule has 0 saturated carbocycles. The normalized spacial score (nSPS) is 15.1. The van der Waals surface area contributed by atoms with Crippen molar-refractivity contribution in [3.8, 4) is 11.5 Å². The zero-order chi connectivity index (χ0) is 18.0. The summed E-state index contributed by atoms with van der Waals surface area (Å²) in [6, 6.07) is 11.6. The fraction of sp³-hybridized carbons (Fsp3) is 0.190. The number of carbonyl (C=O) groups is 1. The van der Waals surface area contributed by atoms with E-state index in [4.69, 9.17) is 14.2 Å². The van der Waals surface area contributed by atoms with E-state index < -0.39 is 0 Å². The maximum Gasteiger partial charge on any atom is 0.343 e. The third-order valence-electron chi connectivity index (χ3n) is 4.11. The number of hydrogen-bond donors (Lipinski definition) is 0. The Hall–Kier alpha value is -3.01. The van der Waals surface area contributed by atoms with Crippen molar-refractivity contribution in [1.29, 1.82) is 0 Å². The van der Waals surface area contributed by atoms with Gasteiger partial charge in [-0.1, -0.05) is 23.8 Å². The van der Waals surface area contributed by atoms with Crippen LogP contribution in [0.2, 0.25) is 0 Å². The topological polar surface area (TPSA) is 44.8 Å². The number of hydrogen-bond acceptors (Lipinski definition) is 4. The molecule has 0 amide bonds. The lowest BCUT2D eigenvalue weighted by Crippen LogP contribution is -1.98. The van der Waals surface area contributed by atoms with Crippen LogP contribution in [0.15, 0.2) is 48.0 Å². The molecule has 1 aliphatic rings. The lowest BCUT2D eigenvalue weighted by molar-refractivity contribution is -0.130. The van der Waals surface area contributed by atoms with Crippen LogP contribution in [0.5, 0.6) is 11.5 Å². The molecule has 4 nitrogen and oxygen atoms in total. The molecule has 2 aromatic carbocycles. The number of rotatable bonds is 4. The number of aryl methyl sites for hydroxylation is 2. The predicted octanol–water partition coefficient (Wildman–Crippen LogP) is 4.30. The minimum atomic E-state index is -0.356. The molecule has 128 valence electrons. The number of carbonyl (C=O) groups excluding carboxylic acids is 1. The van der Waals surface area contributed by atoms with Crippen molar-refractivity contribution in [1.82, 2.24) is 0 Å². The second kappa shape index (κ2) is 6.85. The summed E-state index contributed by atoms with van der Waals surface area (Å²) in [5.41, 5.74) is 4.46. The molecular weight excluding hydrogens is 316 g/mol. The minimum Gasteiger partial charge on any atom is -0.493 e. The van der Waals surface area contributed by atoms with E-state index in [1.54, 1.807) is 32.4 Å². The van der Waals surface area contributed by atoms with Crippen molar-refractivity contribution in [2.24, 2.45) is 0 Å². The van der Waals surface area contributed by atoms with Gasteiger partial charge in [0.15, 0.2) is 11.5 Å². The van der Waals surface area contributed by atoms with E-state index in [1.807, 2.05) is 44.2 Å². The molecule has 0 fully saturated rings. The first-order chi connectivity index (χ1) is 12.0. The Kier molecular flexibility index (Phi) is 4.61. The highest BCUT2D eigenvalue weighted by atomic mass is 16.5. The highest BCUT2D eigenvalue weighted by Crippen LogP contribution is 2.32. The van der Waals surface area contributed by atoms with Crippen LogP contribution in [0.3, 0.4) is 0 Å². The van der Waals surface area contributed by atoms with Crippen LogP contribution in [0.4, 0.5) is 0 Å². The highest BCUT2D eigenvalue weighted by molar-refractivity contribution is 6.05. The molecule has 0 bridgehead atoms. The third-order valence-corrected chi connectivity index (χ3v) is 4.11. The fourth-order valence-electron chi connectivity index (χ4n) is 2.75. The number of esters is 1. The first-order valence-corrected chi connectivity index (χ1v) is 7.97. The van der Waals surface area contributed by atoms with Crippen molar-refractivity contribution in [3.05, 3.63) is 70.3 Å². The van der Waals surface area contributed by atoms with E-state index in [2.05, 4.69) is 0 Å². The van der Waals surface area contributed by atoms with E-state index in [0.29, 0.717) is 22.8 Å². The van der Waals surface area contributed by atoms with Gasteiger partial charge in [-0.3, -0.25) is 0 Å². The molecule has 1 heterocycles. The molecule has 0 atom stereocenters. The second-order valence-corrected chi connectivity index (χ2v) is 5.93. The van der Waals surface area contributed by atoms with Crippen LogP contribution in [0.25, 0.3) is 11.8 Å². The van der Waals surface area contributed by atoms with Gasteiger partial charge in [0.1, 0.15) is 5.76 Å². The van der Waals surface area contributed by atoms with Gasteiger partial charge in [0, 0.05) is 5.56 Å². The smallest absolute Gasteiger partial charge is 0.343 e. The third kappa shape index (κ3) is 3.43. The number of methoxy groups -OCH3 is 2. The summed E-state index contributed by atoms with van der Waals surface area (Å²) in [5, 5.41) is 0. The molecule has 0 N–H and O–H groups in total. The number of ether oxygens (including phenoxy) is 3. The Bertz CT molecular complexity index is 891. The van der Waals surface area contributed by atoms with Gasteiger partial charge < -0.3 is 14.2 Å². The molecular formula is C21H20O4. The molecule has 0 saturated heterocycles. The average molecular weight is 336 g/mol. The summed E-state index contributed by atoms with van der Waals surface area (Å²) in [6.45, 7) is 4.01. The van der Waals surface area contributed by atoms with Gasteiger partial charge in [-0.15, -0.1) is 0 Å². The first-order valence-electron chi connectivity index (χ1n) is 7.97. The van der Waals surface area contributed by atoms with Crippen LogP contribution in [-0.4, -0.2) is 20.2 Å². The molecule has 2 aromatic rings. The quantitative estimate of drug-likeness (QED) is 0.617. The Morgan fingerprint density at radius 1 is 0.960 bits per heavy atom. The largest absolute Gasteiger partial charge is 0.493 e. The molecule has 0 aromatic heterocycles. The highest BCUT2D eigenvalue weighted by Gasteiger charge is 2.23. The lowest BCUT2D eigenvalue weighted by Gasteiger charge is -2.07. The molecule has 3 rings (SSSR count). The first kappa shape index (κ1) is 16.8. The average Bonchev–Trinajstić information content (AvgIpc) is 2.97. The molecule has 0 spiro atoms. The number of benzene rings is 2. The standard InChI is InChI=1S/C21H20O4/c1-13-5-6-14(2)17(9-13)19-12-16(21(22)25-19)10-15-7-8-18(23-3)20(11-15)24-4/h5-12H,1-4H3. The van der Waals surface area contributed by atoms with Gasteiger partial charge in [-0.2, -0.15) is 0 Å². The summed E-state index contributed by atoms with van der Waals surface area (Å²) in [7, 11) is 3.17. The maximum atomic E-state index is 12.2. The van der Waals surface area contributed by atoms with Gasteiger partial charge in [-0.25, -0.2) is 4.79 Å². The van der Waals surface area contributed by atoms with Crippen molar-refractivity contribution in [2.75, 3.05) is 14.2 Å². The predicted molar refractivity (Wildman–Crippen MR) is 97.5 cm³/mol. The Morgan fingerprint density at radius 2 is 1.72 bits per heavy atom. The summed E-state index contributed by atoms with van der Waals surface area (Å²) < 4.78 is 16.0. The van der Waals surface area contributed by atoms with Crippen LogP contribution in [0, 0.1) is 13.8 Å². The van der Waals surface area contributed by atoms with Crippen molar-refractivity contribution in [2.45, 2.75) is 13.8 Å². The molecule has 25 heavy (non-hydrogen) atoms. The van der Waals surface area contributed by atoms with Gasteiger partial charge >= 0.3 is 5.97 Å². The Labute approximate surface area is 147 Å². The van der Waals surface area contributed by atoms with E-state index in [9.17, 15) is 4.79 Å². The Balaban J connectivity index is 1.97. The van der Waals surface area contributed by atoms with Gasteiger partial charge in [0.05, 0.1) is 19.8 Å². The summed E-state index contributed by atoms with van der Waals surface area (Å²) in [5.74, 6) is 1.48. The molecule has 0 unspecified atom stereocenters. The summed E-state index contributed by atoms with van der Waals surface area (Å²) in [6.07, 6.45) is 3.56. The van der Waals surface area contributed by atoms with E-state index in [1.165, 1.54) is 0 Å². The Morgan fingerprint density at radius 3 is 2.44 bits per heavy atom. The molecule has 0 radical (unpaired) electrons. The van der Waals surface area contributed by atoms with Crippen molar-refractivity contribution in [3.63, 3.8) is 0 Å². The van der Waals surface area contributed by atoms with Crippen molar-refractivity contribution >= 4 is 17.8 Å². The SMILES string of the molecule is COc1ccc(C=C2C=C(c3cc(C)ccc3C)OC2=O)cc1OC. The monoisotopic (exact) mass is 336 g/mol. The van der Waals surface area contributed by atoms with Crippen LogP contribution in [0.1, 0.15) is 22.3 Å². The van der Waals surface area contributed by atoms with Crippen LogP contribution >= 0.6 is 0 Å². The van der Waals surface area contributed by atoms with E-state index >= 15 is 0 Å². The van der Waals surface area contributed by atoms with E-state index in [0.717, 1.165) is 22.3 Å². The molecule has 1 aliphatic heterocycles. The van der Waals surface area contributed by atoms with E-state index in [-0.39, 0.29) is 5.97 Å². The van der Waals surface area contributed by atoms with Gasteiger partial charge in [0.2, 0.25) is 0 Å². The van der Waals surface area contributed by atoms with Crippen LogP contribution in [-0.2, 0) is 9.53 Å². The second-order valence-electron chi connectivity index (χ2n) is 5.93. The summed E-state index contributed by atoms with van der Waals surface area (Å²) >= 11 is 0. The minimum absolute atomic E-state index is 0.356.